The van der Waals surface area contributed by atoms with Crippen molar-refractivity contribution in [3.8, 4) is 5.75 Å². The normalized spacial score (nSPS) is 10.6. The van der Waals surface area contributed by atoms with Crippen LogP contribution in [0.2, 0.25) is 0 Å². The van der Waals surface area contributed by atoms with E-state index in [9.17, 15) is 9.59 Å². The molecule has 6 nitrogen and oxygen atoms in total. The molecule has 0 saturated heterocycles. The minimum atomic E-state index is -0.496. The van der Waals surface area contributed by atoms with Gasteiger partial charge in [0.05, 0.1) is 17.8 Å². The first-order valence-electron chi connectivity index (χ1n) is 7.23. The van der Waals surface area contributed by atoms with Crippen molar-refractivity contribution in [3.63, 3.8) is 0 Å². The molecule has 1 aromatic carbocycles. The summed E-state index contributed by atoms with van der Waals surface area (Å²) in [6, 6.07) is 7.36. The van der Waals surface area contributed by atoms with Crippen LogP contribution in [0.15, 0.2) is 35.7 Å². The Bertz CT molecular complexity index is 740. The van der Waals surface area contributed by atoms with E-state index in [2.05, 4.69) is 15.0 Å². The summed E-state index contributed by atoms with van der Waals surface area (Å²) >= 11 is 1.58. The van der Waals surface area contributed by atoms with Crippen molar-refractivity contribution in [2.24, 2.45) is 0 Å². The number of rotatable bonds is 7. The van der Waals surface area contributed by atoms with Crippen LogP contribution in [0.25, 0.3) is 6.08 Å². The highest BCUT2D eigenvalue weighted by atomic mass is 32.1. The highest BCUT2D eigenvalue weighted by molar-refractivity contribution is 7.09. The molecular formula is C17H18N2O4S. The molecule has 7 heteroatoms. The lowest BCUT2D eigenvalue weighted by atomic mass is 10.2. The lowest BCUT2D eigenvalue weighted by Crippen LogP contribution is -2.28. The van der Waals surface area contributed by atoms with Crippen molar-refractivity contribution >= 4 is 29.3 Å². The van der Waals surface area contributed by atoms with Gasteiger partial charge in [-0.15, -0.1) is 11.3 Å². The zero-order chi connectivity index (χ0) is 17.4. The average molecular weight is 346 g/mol. The number of methoxy groups -OCH3 is 1. The molecule has 0 aliphatic rings. The van der Waals surface area contributed by atoms with Gasteiger partial charge in [0.25, 0.3) is 0 Å². The summed E-state index contributed by atoms with van der Waals surface area (Å²) in [6.07, 6.45) is 3.00. The molecule has 1 aromatic heterocycles. The van der Waals surface area contributed by atoms with Crippen LogP contribution >= 0.6 is 11.3 Å². The number of hydrogen-bond acceptors (Lipinski definition) is 6. The van der Waals surface area contributed by atoms with Crippen molar-refractivity contribution in [1.82, 2.24) is 10.3 Å². The minimum Gasteiger partial charge on any atom is -0.487 e. The lowest BCUT2D eigenvalue weighted by molar-refractivity contribution is -0.140. The highest BCUT2D eigenvalue weighted by Crippen LogP contribution is 2.17. The van der Waals surface area contributed by atoms with Gasteiger partial charge in [0, 0.05) is 11.5 Å². The molecule has 0 bridgehead atoms. The molecule has 0 atom stereocenters. The molecule has 1 amide bonds. The second-order valence-electron chi connectivity index (χ2n) is 4.85. The van der Waals surface area contributed by atoms with E-state index in [-0.39, 0.29) is 12.5 Å². The summed E-state index contributed by atoms with van der Waals surface area (Å²) in [4.78, 5) is 26.9. The van der Waals surface area contributed by atoms with Crippen molar-refractivity contribution < 1.29 is 19.1 Å². The van der Waals surface area contributed by atoms with E-state index in [1.165, 1.54) is 13.2 Å². The number of nitrogens with one attached hydrogen (secondary N) is 1. The van der Waals surface area contributed by atoms with Gasteiger partial charge in [0.2, 0.25) is 5.91 Å². The average Bonchev–Trinajstić information content (AvgIpc) is 3.01. The SMILES string of the molecule is COC(=O)CNC(=O)/C=C/c1cccc(OCc2csc(C)n2)c1. The second kappa shape index (κ2) is 8.83. The summed E-state index contributed by atoms with van der Waals surface area (Å²) in [6.45, 7) is 2.19. The number of aromatic nitrogens is 1. The van der Waals surface area contributed by atoms with E-state index in [0.717, 1.165) is 16.3 Å². The van der Waals surface area contributed by atoms with E-state index in [0.29, 0.717) is 12.4 Å². The third kappa shape index (κ3) is 5.85. The predicted molar refractivity (Wildman–Crippen MR) is 91.7 cm³/mol. The lowest BCUT2D eigenvalue weighted by Gasteiger charge is -2.05. The first-order valence-corrected chi connectivity index (χ1v) is 8.11. The standard InChI is InChI=1S/C17H18N2O4S/c1-12-19-14(11-24-12)10-23-15-5-3-4-13(8-15)6-7-16(20)18-9-17(21)22-2/h3-8,11H,9-10H2,1-2H3,(H,18,20)/b7-6+. The van der Waals surface area contributed by atoms with Gasteiger partial charge >= 0.3 is 5.97 Å². The zero-order valence-electron chi connectivity index (χ0n) is 13.4. The summed E-state index contributed by atoms with van der Waals surface area (Å²) < 4.78 is 10.1. The number of aryl methyl sites for hydroxylation is 1. The summed E-state index contributed by atoms with van der Waals surface area (Å²) in [5, 5.41) is 5.39. The van der Waals surface area contributed by atoms with E-state index < -0.39 is 5.97 Å². The van der Waals surface area contributed by atoms with E-state index in [4.69, 9.17) is 4.74 Å². The fraction of sp³-hybridized carbons (Fsp3) is 0.235. The monoisotopic (exact) mass is 346 g/mol. The number of ether oxygens (including phenoxy) is 2. The van der Waals surface area contributed by atoms with Crippen LogP contribution in [-0.2, 0) is 20.9 Å². The summed E-state index contributed by atoms with van der Waals surface area (Å²) in [7, 11) is 1.27. The molecule has 126 valence electrons. The molecule has 0 aliphatic heterocycles. The third-order valence-electron chi connectivity index (χ3n) is 2.97. The second-order valence-corrected chi connectivity index (χ2v) is 5.91. The Kier molecular flexibility index (Phi) is 6.51. The maximum atomic E-state index is 11.6. The van der Waals surface area contributed by atoms with Gasteiger partial charge in [-0.1, -0.05) is 12.1 Å². The molecular weight excluding hydrogens is 328 g/mol. The molecule has 2 aromatic rings. The Labute approximate surface area is 144 Å². The Balaban J connectivity index is 1.88. The quantitative estimate of drug-likeness (QED) is 0.615. The van der Waals surface area contributed by atoms with Crippen LogP contribution in [0.1, 0.15) is 16.3 Å². The van der Waals surface area contributed by atoms with Crippen LogP contribution in [0.3, 0.4) is 0 Å². The van der Waals surface area contributed by atoms with Crippen molar-refractivity contribution in [1.29, 1.82) is 0 Å². The van der Waals surface area contributed by atoms with Gasteiger partial charge in [-0.05, 0) is 30.7 Å². The molecule has 2 rings (SSSR count). The van der Waals surface area contributed by atoms with Gasteiger partial charge < -0.3 is 14.8 Å². The van der Waals surface area contributed by atoms with Gasteiger partial charge in [-0.3, -0.25) is 9.59 Å². The number of hydrogen-bond donors (Lipinski definition) is 1. The smallest absolute Gasteiger partial charge is 0.325 e. The van der Waals surface area contributed by atoms with Crippen molar-refractivity contribution in [2.75, 3.05) is 13.7 Å². The number of carbonyl (C=O) groups excluding carboxylic acids is 2. The van der Waals surface area contributed by atoms with Crippen LogP contribution in [0.5, 0.6) is 5.75 Å². The first kappa shape index (κ1) is 17.7. The Morgan fingerprint density at radius 1 is 1.38 bits per heavy atom. The van der Waals surface area contributed by atoms with E-state index in [1.807, 2.05) is 36.6 Å². The van der Waals surface area contributed by atoms with E-state index >= 15 is 0 Å². The number of nitrogens with zero attached hydrogens (tertiary/aromatic N) is 1. The molecule has 24 heavy (non-hydrogen) atoms. The third-order valence-corrected chi connectivity index (χ3v) is 3.80. The minimum absolute atomic E-state index is 0.157. The molecule has 0 spiro atoms. The molecule has 0 aliphatic carbocycles. The molecule has 1 heterocycles. The van der Waals surface area contributed by atoms with Crippen LogP contribution < -0.4 is 10.1 Å². The van der Waals surface area contributed by atoms with Gasteiger partial charge in [-0.25, -0.2) is 4.98 Å². The van der Waals surface area contributed by atoms with E-state index in [1.54, 1.807) is 17.4 Å². The molecule has 1 N–H and O–H groups in total. The van der Waals surface area contributed by atoms with Crippen LogP contribution in [0.4, 0.5) is 0 Å². The Morgan fingerprint density at radius 3 is 2.92 bits per heavy atom. The Hall–Kier alpha value is -2.67. The van der Waals surface area contributed by atoms with Gasteiger partial charge in [-0.2, -0.15) is 0 Å². The summed E-state index contributed by atoms with van der Waals surface area (Å²) in [5.74, 6) is -0.174. The van der Waals surface area contributed by atoms with Crippen LogP contribution in [-0.4, -0.2) is 30.5 Å². The number of esters is 1. The molecule has 0 fully saturated rings. The fourth-order valence-corrected chi connectivity index (χ4v) is 2.40. The maximum absolute atomic E-state index is 11.6. The first-order chi connectivity index (χ1) is 11.6. The highest BCUT2D eigenvalue weighted by Gasteiger charge is 2.03. The topological polar surface area (TPSA) is 77.5 Å². The summed E-state index contributed by atoms with van der Waals surface area (Å²) in [5.41, 5.74) is 1.70. The molecule has 0 unspecified atom stereocenters. The van der Waals surface area contributed by atoms with Gasteiger partial charge in [0.1, 0.15) is 18.9 Å². The van der Waals surface area contributed by atoms with Crippen molar-refractivity contribution in [2.45, 2.75) is 13.5 Å². The number of amides is 1. The number of benzene rings is 1. The number of carbonyl (C=O) groups is 2. The maximum Gasteiger partial charge on any atom is 0.325 e. The van der Waals surface area contributed by atoms with Crippen molar-refractivity contribution in [3.05, 3.63) is 52.0 Å². The zero-order valence-corrected chi connectivity index (χ0v) is 14.3. The molecule has 0 radical (unpaired) electrons. The fourth-order valence-electron chi connectivity index (χ4n) is 1.80. The largest absolute Gasteiger partial charge is 0.487 e. The predicted octanol–water partition coefficient (Wildman–Crippen LogP) is 2.33. The van der Waals surface area contributed by atoms with Crippen LogP contribution in [0, 0.1) is 6.92 Å². The Morgan fingerprint density at radius 2 is 2.21 bits per heavy atom. The molecule has 0 saturated carbocycles. The number of thiazole rings is 1. The van der Waals surface area contributed by atoms with Gasteiger partial charge in [0.15, 0.2) is 0 Å².